The lowest BCUT2D eigenvalue weighted by molar-refractivity contribution is 0.0971. The summed E-state index contributed by atoms with van der Waals surface area (Å²) in [5.74, 6) is -0.187. The Hall–Kier alpha value is -2.69. The summed E-state index contributed by atoms with van der Waals surface area (Å²) in [6.45, 7) is 6.24. The molecule has 3 rings (SSSR count). The number of benzene rings is 2. The predicted molar refractivity (Wildman–Crippen MR) is 116 cm³/mol. The molecule has 0 spiro atoms. The van der Waals surface area contributed by atoms with Crippen molar-refractivity contribution in [3.05, 3.63) is 108 Å². The van der Waals surface area contributed by atoms with Crippen molar-refractivity contribution in [2.24, 2.45) is 0 Å². The topological polar surface area (TPSA) is 28.4 Å². The van der Waals surface area contributed by atoms with Crippen molar-refractivity contribution >= 4 is 0 Å². The first kappa shape index (κ1) is 21.0. The van der Waals surface area contributed by atoms with E-state index in [9.17, 15) is 9.50 Å². The zero-order valence-corrected chi connectivity index (χ0v) is 16.8. The van der Waals surface area contributed by atoms with Gasteiger partial charge in [-0.15, -0.1) is 6.58 Å². The highest BCUT2D eigenvalue weighted by atomic mass is 19.1. The van der Waals surface area contributed by atoms with Crippen LogP contribution in [0, 0.1) is 5.82 Å². The zero-order chi connectivity index (χ0) is 20.5. The van der Waals surface area contributed by atoms with Crippen LogP contribution in [-0.2, 0) is 19.6 Å². The Labute approximate surface area is 172 Å². The molecule has 1 heterocycles. The lowest BCUT2D eigenvalue weighted by atomic mass is 10.1. The molecule has 0 saturated heterocycles. The summed E-state index contributed by atoms with van der Waals surface area (Å²) in [7, 11) is 0. The van der Waals surface area contributed by atoms with Crippen LogP contribution in [0.25, 0.3) is 0 Å². The summed E-state index contributed by atoms with van der Waals surface area (Å²) in [6.07, 6.45) is 4.90. The molecule has 0 fully saturated rings. The van der Waals surface area contributed by atoms with Crippen LogP contribution >= 0.6 is 0 Å². The molecule has 1 atom stereocenters. The Bertz CT molecular complexity index is 891. The molecule has 0 bridgehead atoms. The second kappa shape index (κ2) is 10.7. The molecular formula is C25H29FN2O. The minimum atomic E-state index is -0.410. The highest BCUT2D eigenvalue weighted by Gasteiger charge is 2.15. The van der Waals surface area contributed by atoms with Gasteiger partial charge in [-0.25, -0.2) is 4.39 Å². The molecular weight excluding hydrogens is 363 g/mol. The highest BCUT2D eigenvalue weighted by molar-refractivity contribution is 5.20. The van der Waals surface area contributed by atoms with E-state index in [-0.39, 0.29) is 5.82 Å². The van der Waals surface area contributed by atoms with E-state index in [0.29, 0.717) is 31.6 Å². The van der Waals surface area contributed by atoms with Crippen LogP contribution in [0.3, 0.4) is 0 Å². The Morgan fingerprint density at radius 2 is 1.76 bits per heavy atom. The molecule has 4 heteroatoms. The quantitative estimate of drug-likeness (QED) is 0.465. The van der Waals surface area contributed by atoms with E-state index in [1.807, 2.05) is 48.7 Å². The molecule has 29 heavy (non-hydrogen) atoms. The zero-order valence-electron chi connectivity index (χ0n) is 16.8. The van der Waals surface area contributed by atoms with Crippen LogP contribution in [0.15, 0.2) is 85.6 Å². The summed E-state index contributed by atoms with van der Waals surface area (Å²) >= 11 is 0. The van der Waals surface area contributed by atoms with Gasteiger partial charge in [0.2, 0.25) is 0 Å². The molecule has 3 aromatic rings. The molecule has 152 valence electrons. The summed E-state index contributed by atoms with van der Waals surface area (Å²) in [5.41, 5.74) is 2.97. The van der Waals surface area contributed by atoms with Crippen molar-refractivity contribution < 1.29 is 9.50 Å². The number of rotatable bonds is 11. The van der Waals surface area contributed by atoms with Gasteiger partial charge in [0.05, 0.1) is 12.6 Å². The summed E-state index contributed by atoms with van der Waals surface area (Å²) in [5, 5.41) is 10.5. The Balaban J connectivity index is 1.74. The van der Waals surface area contributed by atoms with Gasteiger partial charge in [0.15, 0.2) is 0 Å². The van der Waals surface area contributed by atoms with E-state index in [2.05, 4.69) is 34.2 Å². The van der Waals surface area contributed by atoms with E-state index in [1.165, 1.54) is 11.6 Å². The molecule has 0 radical (unpaired) electrons. The van der Waals surface area contributed by atoms with Gasteiger partial charge in [-0.05, 0) is 36.6 Å². The second-order valence-electron chi connectivity index (χ2n) is 7.39. The van der Waals surface area contributed by atoms with E-state index < -0.39 is 6.10 Å². The fourth-order valence-corrected chi connectivity index (χ4v) is 3.51. The number of hydrogen-bond acceptors (Lipinski definition) is 2. The highest BCUT2D eigenvalue weighted by Crippen LogP contribution is 2.16. The van der Waals surface area contributed by atoms with Crippen molar-refractivity contribution in [3.8, 4) is 0 Å². The van der Waals surface area contributed by atoms with E-state index in [1.54, 1.807) is 6.07 Å². The molecule has 2 aromatic carbocycles. The number of hydrogen-bond donors (Lipinski definition) is 1. The third-order valence-corrected chi connectivity index (χ3v) is 5.03. The molecule has 1 aromatic heterocycles. The number of aliphatic hydroxyl groups is 1. The van der Waals surface area contributed by atoms with Gasteiger partial charge in [0, 0.05) is 37.1 Å². The minimum absolute atomic E-state index is 0.187. The molecule has 0 saturated carbocycles. The van der Waals surface area contributed by atoms with Crippen molar-refractivity contribution in [3.63, 3.8) is 0 Å². The normalized spacial score (nSPS) is 12.2. The maximum atomic E-state index is 14.1. The number of allylic oxidation sites excluding steroid dienone is 1. The number of aromatic nitrogens is 1. The molecule has 0 aliphatic heterocycles. The van der Waals surface area contributed by atoms with Crippen LogP contribution in [0.4, 0.5) is 4.39 Å². The summed E-state index contributed by atoms with van der Waals surface area (Å²) < 4.78 is 16.2. The first-order valence-corrected chi connectivity index (χ1v) is 10.1. The number of aliphatic hydroxyl groups excluding tert-OH is 1. The van der Waals surface area contributed by atoms with Gasteiger partial charge in [0.1, 0.15) is 5.82 Å². The lowest BCUT2D eigenvalue weighted by Gasteiger charge is -2.26. The fourth-order valence-electron chi connectivity index (χ4n) is 3.51. The van der Waals surface area contributed by atoms with Crippen molar-refractivity contribution in [1.82, 2.24) is 9.47 Å². The third kappa shape index (κ3) is 6.41. The third-order valence-electron chi connectivity index (χ3n) is 5.03. The lowest BCUT2D eigenvalue weighted by Crippen LogP contribution is -2.32. The monoisotopic (exact) mass is 392 g/mol. The summed E-state index contributed by atoms with van der Waals surface area (Å²) in [4.78, 5) is 2.25. The van der Waals surface area contributed by atoms with Gasteiger partial charge in [-0.1, -0.05) is 54.6 Å². The van der Waals surface area contributed by atoms with Gasteiger partial charge < -0.3 is 9.67 Å². The SMILES string of the molecule is C=CCC[C@@H](O)CN(Cc1ccccc1)Cc1cccn1Cc1ccccc1F. The number of nitrogens with zero attached hydrogens (tertiary/aromatic N) is 2. The standard InChI is InChI=1S/C25H29FN2O/c1-2-3-14-24(29)20-27(17-21-10-5-4-6-11-21)19-23-13-9-16-28(23)18-22-12-7-8-15-25(22)26/h2,4-13,15-16,24,29H,1,3,14,17-20H2/t24-/m1/s1. The van der Waals surface area contributed by atoms with Crippen molar-refractivity contribution in [1.29, 1.82) is 0 Å². The van der Waals surface area contributed by atoms with Gasteiger partial charge >= 0.3 is 0 Å². The molecule has 0 unspecified atom stereocenters. The van der Waals surface area contributed by atoms with Gasteiger partial charge in [-0.2, -0.15) is 0 Å². The largest absolute Gasteiger partial charge is 0.392 e. The Morgan fingerprint density at radius 3 is 2.52 bits per heavy atom. The van der Waals surface area contributed by atoms with Gasteiger partial charge in [0.25, 0.3) is 0 Å². The molecule has 3 nitrogen and oxygen atoms in total. The van der Waals surface area contributed by atoms with Crippen LogP contribution in [0.2, 0.25) is 0 Å². The summed E-state index contributed by atoms with van der Waals surface area (Å²) in [6, 6.07) is 21.2. The Kier molecular flexibility index (Phi) is 7.79. The van der Waals surface area contributed by atoms with Crippen LogP contribution in [0.1, 0.15) is 29.7 Å². The molecule has 0 aliphatic rings. The van der Waals surface area contributed by atoms with Crippen LogP contribution in [0.5, 0.6) is 0 Å². The fraction of sp³-hybridized carbons (Fsp3) is 0.280. The molecule has 0 amide bonds. The van der Waals surface area contributed by atoms with Crippen molar-refractivity contribution in [2.75, 3.05) is 6.54 Å². The first-order chi connectivity index (χ1) is 14.2. The van der Waals surface area contributed by atoms with E-state index >= 15 is 0 Å². The van der Waals surface area contributed by atoms with E-state index in [4.69, 9.17) is 0 Å². The first-order valence-electron chi connectivity index (χ1n) is 10.1. The van der Waals surface area contributed by atoms with E-state index in [0.717, 1.165) is 18.7 Å². The Morgan fingerprint density at radius 1 is 1.00 bits per heavy atom. The second-order valence-corrected chi connectivity index (χ2v) is 7.39. The average Bonchev–Trinajstić information content (AvgIpc) is 3.15. The maximum Gasteiger partial charge on any atom is 0.128 e. The predicted octanol–water partition coefficient (Wildman–Crippen LogP) is 5.00. The molecule has 1 N–H and O–H groups in total. The van der Waals surface area contributed by atoms with Crippen molar-refractivity contribution in [2.45, 2.75) is 38.6 Å². The number of halogens is 1. The smallest absolute Gasteiger partial charge is 0.128 e. The average molecular weight is 393 g/mol. The van der Waals surface area contributed by atoms with Crippen LogP contribution in [-0.4, -0.2) is 27.2 Å². The maximum absolute atomic E-state index is 14.1. The molecule has 0 aliphatic carbocycles. The van der Waals surface area contributed by atoms with Crippen LogP contribution < -0.4 is 0 Å². The van der Waals surface area contributed by atoms with Gasteiger partial charge in [-0.3, -0.25) is 4.90 Å². The minimum Gasteiger partial charge on any atom is -0.392 e.